The Morgan fingerprint density at radius 1 is 1.19 bits per heavy atom. The fraction of sp³-hybridized carbons (Fsp3) is 0.200. The minimum atomic E-state index is -0.388. The van der Waals surface area contributed by atoms with Crippen LogP contribution in [0.15, 0.2) is 11.4 Å². The van der Waals surface area contributed by atoms with E-state index >= 15 is 0 Å². The molecule has 0 saturated carbocycles. The second-order valence-electron chi connectivity index (χ2n) is 2.94. The molecule has 0 radical (unpaired) electrons. The SMILES string of the molecule is COC(=O)c1cc2c(C(=O)OC)csc2s1. The first kappa shape index (κ1) is 11.1. The first-order chi connectivity index (χ1) is 7.67. The number of esters is 2. The van der Waals surface area contributed by atoms with Crippen molar-refractivity contribution < 1.29 is 19.1 Å². The number of carbonyl (C=O) groups excluding carboxylic acids is 2. The van der Waals surface area contributed by atoms with E-state index in [1.165, 1.54) is 36.9 Å². The quantitative estimate of drug-likeness (QED) is 0.775. The van der Waals surface area contributed by atoms with Gasteiger partial charge in [0.05, 0.1) is 23.8 Å². The number of ether oxygens (including phenoxy) is 2. The third-order valence-electron chi connectivity index (χ3n) is 2.06. The highest BCUT2D eigenvalue weighted by Gasteiger charge is 2.18. The Balaban J connectivity index is 2.51. The molecule has 0 unspecified atom stereocenters. The minimum Gasteiger partial charge on any atom is -0.465 e. The first-order valence-corrected chi connectivity index (χ1v) is 6.04. The largest absolute Gasteiger partial charge is 0.465 e. The topological polar surface area (TPSA) is 52.6 Å². The number of carbonyl (C=O) groups is 2. The summed E-state index contributed by atoms with van der Waals surface area (Å²) >= 11 is 2.73. The molecule has 0 bridgehead atoms. The van der Waals surface area contributed by atoms with E-state index in [2.05, 4.69) is 9.47 Å². The molecule has 0 spiro atoms. The van der Waals surface area contributed by atoms with E-state index in [1.54, 1.807) is 11.4 Å². The summed E-state index contributed by atoms with van der Waals surface area (Å²) in [6.07, 6.45) is 0. The van der Waals surface area contributed by atoms with Crippen molar-refractivity contribution in [1.29, 1.82) is 0 Å². The molecule has 0 amide bonds. The summed E-state index contributed by atoms with van der Waals surface area (Å²) in [6, 6.07) is 1.66. The van der Waals surface area contributed by atoms with Gasteiger partial charge in [0, 0.05) is 10.8 Å². The Kier molecular flexibility index (Phi) is 2.93. The van der Waals surface area contributed by atoms with Gasteiger partial charge in [-0.3, -0.25) is 0 Å². The molecule has 2 rings (SSSR count). The number of hydrogen-bond donors (Lipinski definition) is 0. The molecular formula is C10H8O4S2. The van der Waals surface area contributed by atoms with Crippen LogP contribution in [0.3, 0.4) is 0 Å². The smallest absolute Gasteiger partial charge is 0.348 e. The van der Waals surface area contributed by atoms with Crippen LogP contribution in [0, 0.1) is 0 Å². The van der Waals surface area contributed by atoms with Crippen LogP contribution in [0.25, 0.3) is 9.40 Å². The standard InChI is InChI=1S/C10H8O4S2/c1-13-8(11)6-4-15-10-5(6)3-7(16-10)9(12)14-2/h3-4H,1-2H3. The number of rotatable bonds is 2. The normalized spacial score (nSPS) is 10.4. The number of hydrogen-bond acceptors (Lipinski definition) is 6. The lowest BCUT2D eigenvalue weighted by Crippen LogP contribution is -1.99. The molecule has 0 aliphatic carbocycles. The van der Waals surface area contributed by atoms with Gasteiger partial charge >= 0.3 is 11.9 Å². The lowest BCUT2D eigenvalue weighted by molar-refractivity contribution is 0.0594. The number of thiophene rings is 2. The van der Waals surface area contributed by atoms with Crippen molar-refractivity contribution in [1.82, 2.24) is 0 Å². The predicted molar refractivity (Wildman–Crippen MR) is 62.4 cm³/mol. The third-order valence-corrected chi connectivity index (χ3v) is 4.30. The van der Waals surface area contributed by atoms with Gasteiger partial charge in [-0.15, -0.1) is 22.7 Å². The summed E-state index contributed by atoms with van der Waals surface area (Å²) in [5.41, 5.74) is 0.494. The van der Waals surface area contributed by atoms with Gasteiger partial charge in [0.15, 0.2) is 0 Å². The second kappa shape index (κ2) is 4.23. The molecule has 4 nitrogen and oxygen atoms in total. The predicted octanol–water partition coefficient (Wildman–Crippen LogP) is 2.54. The molecule has 6 heteroatoms. The number of methoxy groups -OCH3 is 2. The highest BCUT2D eigenvalue weighted by atomic mass is 32.2. The molecule has 0 atom stereocenters. The van der Waals surface area contributed by atoms with Gasteiger partial charge in [0.1, 0.15) is 4.88 Å². The molecule has 0 N–H and O–H groups in total. The Hall–Kier alpha value is -1.40. The summed E-state index contributed by atoms with van der Waals surface area (Å²) in [7, 11) is 2.66. The Morgan fingerprint density at radius 3 is 2.50 bits per heavy atom. The van der Waals surface area contributed by atoms with Gasteiger partial charge in [-0.1, -0.05) is 0 Å². The Morgan fingerprint density at radius 2 is 1.88 bits per heavy atom. The van der Waals surface area contributed by atoms with Gasteiger partial charge in [0.25, 0.3) is 0 Å². The average Bonchev–Trinajstić information content (AvgIpc) is 2.86. The van der Waals surface area contributed by atoms with Crippen LogP contribution in [0.2, 0.25) is 0 Å². The molecule has 2 aromatic rings. The van der Waals surface area contributed by atoms with E-state index in [4.69, 9.17) is 0 Å². The highest BCUT2D eigenvalue weighted by molar-refractivity contribution is 7.38. The van der Waals surface area contributed by atoms with Crippen LogP contribution in [-0.4, -0.2) is 26.2 Å². The van der Waals surface area contributed by atoms with Crippen LogP contribution >= 0.6 is 22.7 Å². The van der Waals surface area contributed by atoms with Crippen molar-refractivity contribution in [3.63, 3.8) is 0 Å². The van der Waals surface area contributed by atoms with E-state index in [9.17, 15) is 9.59 Å². The molecule has 0 aromatic carbocycles. The molecule has 0 fully saturated rings. The van der Waals surface area contributed by atoms with Crippen LogP contribution in [0.1, 0.15) is 20.0 Å². The minimum absolute atomic E-state index is 0.385. The van der Waals surface area contributed by atoms with Gasteiger partial charge in [-0.05, 0) is 6.07 Å². The fourth-order valence-electron chi connectivity index (χ4n) is 1.29. The lowest BCUT2D eigenvalue weighted by Gasteiger charge is -1.94. The van der Waals surface area contributed by atoms with Crippen molar-refractivity contribution in [2.75, 3.05) is 14.2 Å². The summed E-state index contributed by atoms with van der Waals surface area (Å²) in [6.45, 7) is 0. The Bertz CT molecular complexity index is 552. The monoisotopic (exact) mass is 256 g/mol. The van der Waals surface area contributed by atoms with E-state index in [0.717, 1.165) is 9.40 Å². The van der Waals surface area contributed by atoms with E-state index in [1.807, 2.05) is 0 Å². The van der Waals surface area contributed by atoms with Crippen molar-refractivity contribution in [3.05, 3.63) is 21.9 Å². The molecule has 16 heavy (non-hydrogen) atoms. The first-order valence-electron chi connectivity index (χ1n) is 4.35. The van der Waals surface area contributed by atoms with Crippen molar-refractivity contribution >= 4 is 44.0 Å². The van der Waals surface area contributed by atoms with Crippen LogP contribution in [0.5, 0.6) is 0 Å². The van der Waals surface area contributed by atoms with Gasteiger partial charge in [-0.2, -0.15) is 0 Å². The van der Waals surface area contributed by atoms with E-state index < -0.39 is 0 Å². The molecule has 84 valence electrons. The zero-order valence-corrected chi connectivity index (χ0v) is 10.2. The maximum absolute atomic E-state index is 11.4. The number of fused-ring (bicyclic) bond motifs is 1. The summed E-state index contributed by atoms with van der Waals surface area (Å²) in [4.78, 5) is 23.2. The zero-order chi connectivity index (χ0) is 11.7. The zero-order valence-electron chi connectivity index (χ0n) is 8.60. The molecule has 0 saturated heterocycles. The fourth-order valence-corrected chi connectivity index (χ4v) is 3.47. The third kappa shape index (κ3) is 1.70. The molecule has 0 aliphatic heterocycles. The van der Waals surface area contributed by atoms with Crippen LogP contribution < -0.4 is 0 Å². The van der Waals surface area contributed by atoms with E-state index in [-0.39, 0.29) is 11.9 Å². The summed E-state index contributed by atoms with van der Waals surface area (Å²) < 4.78 is 10.2. The molecule has 2 heterocycles. The summed E-state index contributed by atoms with van der Waals surface area (Å²) in [5, 5.41) is 2.48. The second-order valence-corrected chi connectivity index (χ2v) is 5.13. The van der Waals surface area contributed by atoms with Gasteiger partial charge in [0.2, 0.25) is 0 Å². The average molecular weight is 256 g/mol. The van der Waals surface area contributed by atoms with Crippen molar-refractivity contribution in [3.8, 4) is 0 Å². The van der Waals surface area contributed by atoms with Gasteiger partial charge in [-0.25, -0.2) is 9.59 Å². The molecule has 2 aromatic heterocycles. The maximum Gasteiger partial charge on any atom is 0.348 e. The van der Waals surface area contributed by atoms with Crippen LogP contribution in [-0.2, 0) is 9.47 Å². The molecule has 0 aliphatic rings. The Labute approximate surface area is 99.4 Å². The maximum atomic E-state index is 11.4. The lowest BCUT2D eigenvalue weighted by atomic mass is 10.2. The van der Waals surface area contributed by atoms with Crippen molar-refractivity contribution in [2.45, 2.75) is 0 Å². The van der Waals surface area contributed by atoms with Gasteiger partial charge < -0.3 is 9.47 Å². The highest BCUT2D eigenvalue weighted by Crippen LogP contribution is 2.34. The summed E-state index contributed by atoms with van der Waals surface area (Å²) in [5.74, 6) is -0.773. The van der Waals surface area contributed by atoms with Crippen molar-refractivity contribution in [2.24, 2.45) is 0 Å². The van der Waals surface area contributed by atoms with Crippen LogP contribution in [0.4, 0.5) is 0 Å². The molecular weight excluding hydrogens is 248 g/mol. The van der Waals surface area contributed by atoms with E-state index in [0.29, 0.717) is 10.4 Å².